The number of rotatable bonds is 38. The van der Waals surface area contributed by atoms with Gasteiger partial charge in [0.25, 0.3) is 0 Å². The van der Waals surface area contributed by atoms with Crippen LogP contribution in [0.2, 0.25) is 0 Å². The molecule has 1 aliphatic rings. The molecule has 3 unspecified atom stereocenters. The summed E-state index contributed by atoms with van der Waals surface area (Å²) in [5.74, 6) is -1.43. The van der Waals surface area contributed by atoms with Crippen LogP contribution in [0.1, 0.15) is 162 Å². The fraction of sp³-hybridized carbons (Fsp3) is 0.787. The number of carbonyl (C=O) groups excluding carboxylic acids is 2. The molecule has 0 aromatic heterocycles. The van der Waals surface area contributed by atoms with Crippen molar-refractivity contribution in [1.82, 2.24) is 0 Å². The third-order valence-corrected chi connectivity index (χ3v) is 12.0. The number of aliphatic hydroxyl groups excluding tert-OH is 8. The second-order valence-corrected chi connectivity index (χ2v) is 18.2. The second-order valence-electron chi connectivity index (χ2n) is 16.8. The molecule has 17 heteroatoms. The smallest absolute Gasteiger partial charge is 0.462 e. The van der Waals surface area contributed by atoms with Gasteiger partial charge in [-0.25, -0.2) is 4.57 Å². The molecule has 9 N–H and O–H groups in total. The monoisotopic (exact) mass is 935 g/mol. The number of hydrogen-bond donors (Lipinski definition) is 9. The number of phosphoric ester groups is 1. The van der Waals surface area contributed by atoms with Gasteiger partial charge in [0.2, 0.25) is 0 Å². The molecule has 1 rings (SSSR count). The molecule has 0 aromatic rings. The maximum Gasteiger partial charge on any atom is 0.472 e. The summed E-state index contributed by atoms with van der Waals surface area (Å²) >= 11 is 0. The van der Waals surface area contributed by atoms with Crippen LogP contribution in [0.25, 0.3) is 0 Å². The van der Waals surface area contributed by atoms with Crippen LogP contribution in [0, 0.1) is 0 Å². The number of aliphatic hydroxyl groups is 8. The van der Waals surface area contributed by atoms with Crippen molar-refractivity contribution >= 4 is 19.8 Å². The van der Waals surface area contributed by atoms with Gasteiger partial charge >= 0.3 is 19.8 Å². The maximum absolute atomic E-state index is 12.8. The standard InChI is InChI=1S/C47H83O16P/c1-3-5-7-8-9-10-11-12-13-14-15-16-17-22-26-32-41(52)62-37(35-61-64(58,59)63-47-45(56)43(54)42(53)44(55)46(47)57)34-60-40(51)33-27-31-39(50)38(49)30-25-21-19-18-20-24-29-36(48)28-23-6-4-2/h18-21,24-25,29-30,36-39,42-50,53-57H,3-17,22-23,26-28,31-35H2,1-2H3,(H,58,59)/b20-18-,21-19+,29-24+,30-25+/t36-,37-,38-,39-,42?,43-,44+,45-,46-,47?/m1/s1. The quantitative estimate of drug-likeness (QED) is 0.0147. The molecule has 0 radical (unpaired) electrons. The van der Waals surface area contributed by atoms with Gasteiger partial charge in [-0.3, -0.25) is 18.6 Å². The van der Waals surface area contributed by atoms with Gasteiger partial charge in [-0.1, -0.05) is 172 Å². The van der Waals surface area contributed by atoms with E-state index in [1.54, 1.807) is 42.5 Å². The van der Waals surface area contributed by atoms with Crippen LogP contribution in [-0.4, -0.2) is 132 Å². The molecule has 11 atom stereocenters. The lowest BCUT2D eigenvalue weighted by Crippen LogP contribution is -2.64. The Bertz CT molecular complexity index is 1360. The van der Waals surface area contributed by atoms with E-state index in [1.807, 2.05) is 0 Å². The van der Waals surface area contributed by atoms with E-state index >= 15 is 0 Å². The van der Waals surface area contributed by atoms with Crippen LogP contribution in [0.4, 0.5) is 0 Å². The predicted octanol–water partition coefficient (Wildman–Crippen LogP) is 6.08. The molecule has 372 valence electrons. The third kappa shape index (κ3) is 28.7. The number of hydrogen-bond acceptors (Lipinski definition) is 15. The molecular formula is C47H83O16P. The van der Waals surface area contributed by atoms with Gasteiger partial charge in [0, 0.05) is 12.8 Å². The van der Waals surface area contributed by atoms with Gasteiger partial charge in [-0.2, -0.15) is 0 Å². The van der Waals surface area contributed by atoms with Crippen LogP contribution in [-0.2, 0) is 32.7 Å². The molecule has 0 saturated heterocycles. The lowest BCUT2D eigenvalue weighted by Gasteiger charge is -2.41. The second kappa shape index (κ2) is 36.8. The Morgan fingerprint density at radius 1 is 0.547 bits per heavy atom. The molecule has 0 bridgehead atoms. The Labute approximate surface area is 381 Å². The molecule has 0 amide bonds. The Morgan fingerprint density at radius 3 is 1.55 bits per heavy atom. The summed E-state index contributed by atoms with van der Waals surface area (Å²) in [6.45, 7) is 2.90. The van der Waals surface area contributed by atoms with E-state index < -0.39 is 94.0 Å². The highest BCUT2D eigenvalue weighted by Crippen LogP contribution is 2.47. The fourth-order valence-electron chi connectivity index (χ4n) is 7.02. The largest absolute Gasteiger partial charge is 0.472 e. The van der Waals surface area contributed by atoms with Crippen LogP contribution < -0.4 is 0 Å². The van der Waals surface area contributed by atoms with Gasteiger partial charge in [0.1, 0.15) is 43.2 Å². The number of unbranched alkanes of at least 4 members (excludes halogenated alkanes) is 16. The number of allylic oxidation sites excluding steroid dienone is 6. The zero-order valence-electron chi connectivity index (χ0n) is 38.4. The summed E-state index contributed by atoms with van der Waals surface area (Å²) < 4.78 is 33.3. The minimum absolute atomic E-state index is 0.0251. The minimum atomic E-state index is -5.20. The maximum atomic E-state index is 12.8. The Hall–Kier alpha value is -2.31. The van der Waals surface area contributed by atoms with Gasteiger partial charge in [0.15, 0.2) is 6.10 Å². The first-order valence-corrected chi connectivity index (χ1v) is 25.3. The summed E-state index contributed by atoms with van der Waals surface area (Å²) in [5, 5.41) is 80.7. The molecule has 1 saturated carbocycles. The molecule has 0 aliphatic heterocycles. The number of ether oxygens (including phenoxy) is 2. The Kier molecular flexibility index (Phi) is 34.3. The summed E-state index contributed by atoms with van der Waals surface area (Å²) in [6.07, 6.45) is 17.9. The molecule has 0 spiro atoms. The average molecular weight is 935 g/mol. The molecule has 1 aliphatic carbocycles. The SMILES string of the molecule is CCCCCCCCCCCCCCCCCC(=O)O[C@H](COC(=O)CCC[C@@H](O)[C@H](O)/C=C/C=C/C=C\C=C\[C@H](O)CCCCC)COP(=O)(O)OC1[C@H](O)[C@H](O)C(O)[C@H](O)[C@H]1O. The summed E-state index contributed by atoms with van der Waals surface area (Å²) in [5.41, 5.74) is 0. The van der Waals surface area contributed by atoms with E-state index in [0.717, 1.165) is 51.4 Å². The van der Waals surface area contributed by atoms with Crippen LogP contribution in [0.15, 0.2) is 48.6 Å². The molecule has 0 heterocycles. The van der Waals surface area contributed by atoms with E-state index in [-0.39, 0.29) is 25.7 Å². The number of carbonyl (C=O) groups is 2. The third-order valence-electron chi connectivity index (χ3n) is 11.0. The predicted molar refractivity (Wildman–Crippen MR) is 244 cm³/mol. The molecule has 0 aromatic carbocycles. The van der Waals surface area contributed by atoms with E-state index in [4.69, 9.17) is 18.5 Å². The van der Waals surface area contributed by atoms with Crippen LogP contribution in [0.3, 0.4) is 0 Å². The minimum Gasteiger partial charge on any atom is -0.462 e. The molecule has 64 heavy (non-hydrogen) atoms. The zero-order chi connectivity index (χ0) is 47.6. The Morgan fingerprint density at radius 2 is 1.00 bits per heavy atom. The fourth-order valence-corrected chi connectivity index (χ4v) is 8.00. The molecule has 1 fully saturated rings. The van der Waals surface area contributed by atoms with Gasteiger partial charge in [-0.05, 0) is 25.7 Å². The zero-order valence-corrected chi connectivity index (χ0v) is 39.3. The average Bonchev–Trinajstić information content (AvgIpc) is 3.26. The highest BCUT2D eigenvalue weighted by atomic mass is 31.2. The number of phosphoric acid groups is 1. The summed E-state index contributed by atoms with van der Waals surface area (Å²) in [7, 11) is -5.20. The van der Waals surface area contributed by atoms with Crippen molar-refractivity contribution in [3.63, 3.8) is 0 Å². The van der Waals surface area contributed by atoms with Crippen molar-refractivity contribution < 1.29 is 78.4 Å². The first kappa shape index (κ1) is 59.7. The van der Waals surface area contributed by atoms with Gasteiger partial charge in [-0.15, -0.1) is 0 Å². The van der Waals surface area contributed by atoms with Gasteiger partial charge < -0.3 is 55.2 Å². The van der Waals surface area contributed by atoms with Crippen molar-refractivity contribution in [3.05, 3.63) is 48.6 Å². The first-order valence-electron chi connectivity index (χ1n) is 23.8. The van der Waals surface area contributed by atoms with E-state index in [2.05, 4.69) is 13.8 Å². The van der Waals surface area contributed by atoms with Crippen LogP contribution >= 0.6 is 7.82 Å². The van der Waals surface area contributed by atoms with E-state index in [1.165, 1.54) is 70.3 Å². The van der Waals surface area contributed by atoms with Crippen molar-refractivity contribution in [1.29, 1.82) is 0 Å². The van der Waals surface area contributed by atoms with E-state index in [0.29, 0.717) is 6.42 Å². The van der Waals surface area contributed by atoms with Crippen molar-refractivity contribution in [2.24, 2.45) is 0 Å². The first-order chi connectivity index (χ1) is 30.6. The van der Waals surface area contributed by atoms with Crippen molar-refractivity contribution in [2.75, 3.05) is 13.2 Å². The molecule has 16 nitrogen and oxygen atoms in total. The van der Waals surface area contributed by atoms with Crippen molar-refractivity contribution in [3.8, 4) is 0 Å². The highest BCUT2D eigenvalue weighted by Gasteiger charge is 2.51. The summed E-state index contributed by atoms with van der Waals surface area (Å²) in [6, 6.07) is 0. The molecular weight excluding hydrogens is 851 g/mol. The van der Waals surface area contributed by atoms with Gasteiger partial charge in [0.05, 0.1) is 24.9 Å². The lowest BCUT2D eigenvalue weighted by atomic mass is 9.85. The normalized spacial score (nSPS) is 23.5. The topological polar surface area (TPSA) is 270 Å². The summed E-state index contributed by atoms with van der Waals surface area (Å²) in [4.78, 5) is 35.8. The number of esters is 2. The van der Waals surface area contributed by atoms with Crippen molar-refractivity contribution in [2.45, 2.75) is 223 Å². The van der Waals surface area contributed by atoms with E-state index in [9.17, 15) is 59.9 Å². The highest BCUT2D eigenvalue weighted by molar-refractivity contribution is 7.47. The van der Waals surface area contributed by atoms with Crippen LogP contribution in [0.5, 0.6) is 0 Å². The lowest BCUT2D eigenvalue weighted by molar-refractivity contribution is -0.220. The Balaban J connectivity index is 2.60.